The zero-order chi connectivity index (χ0) is 12.3. The number of rotatable bonds is 4. The lowest BCUT2D eigenvalue weighted by Crippen LogP contribution is -2.35. The minimum Gasteiger partial charge on any atom is -0.310 e. The van der Waals surface area contributed by atoms with Gasteiger partial charge in [0.1, 0.15) is 5.82 Å². The van der Waals surface area contributed by atoms with Crippen molar-refractivity contribution in [1.82, 2.24) is 15.1 Å². The van der Waals surface area contributed by atoms with E-state index in [0.29, 0.717) is 0 Å². The third-order valence-corrected chi connectivity index (χ3v) is 3.06. The maximum atomic E-state index is 11.9. The molecule has 1 unspecified atom stereocenters. The van der Waals surface area contributed by atoms with E-state index < -0.39 is 0 Å². The summed E-state index contributed by atoms with van der Waals surface area (Å²) in [5.74, 6) is 0.834. The van der Waals surface area contributed by atoms with Crippen molar-refractivity contribution in [3.05, 3.63) is 11.8 Å². The second-order valence-electron chi connectivity index (χ2n) is 4.53. The number of hydrogen-bond acceptors (Lipinski definition) is 3. The molecule has 1 aliphatic heterocycles. The lowest BCUT2D eigenvalue weighted by Gasteiger charge is -2.10. The second kappa shape index (κ2) is 5.31. The third kappa shape index (κ3) is 2.85. The smallest absolute Gasteiger partial charge is 0.242 e. The van der Waals surface area contributed by atoms with E-state index in [1.54, 1.807) is 4.68 Å². The Bertz CT molecular complexity index is 393. The van der Waals surface area contributed by atoms with E-state index in [1.807, 2.05) is 13.1 Å². The van der Waals surface area contributed by atoms with E-state index in [2.05, 4.69) is 22.7 Å². The minimum atomic E-state index is -0.0421. The fourth-order valence-corrected chi connectivity index (χ4v) is 2.14. The van der Waals surface area contributed by atoms with Crippen LogP contribution >= 0.6 is 0 Å². The highest BCUT2D eigenvalue weighted by Gasteiger charge is 2.22. The molecule has 1 amide bonds. The standard InChI is InChI=1S/C12H20N4O/c1-3-5-9-8-11(16(2)15-9)14-12(17)10-6-4-7-13-10/h8,10,13H,3-7H2,1-2H3,(H,14,17). The Kier molecular flexibility index (Phi) is 3.78. The van der Waals surface area contributed by atoms with Crippen LogP contribution in [0.15, 0.2) is 6.07 Å². The largest absolute Gasteiger partial charge is 0.310 e. The Morgan fingerprint density at radius 2 is 2.53 bits per heavy atom. The van der Waals surface area contributed by atoms with Gasteiger partial charge in [0.05, 0.1) is 11.7 Å². The van der Waals surface area contributed by atoms with E-state index in [0.717, 1.165) is 43.7 Å². The van der Waals surface area contributed by atoms with Gasteiger partial charge in [0.15, 0.2) is 0 Å². The van der Waals surface area contributed by atoms with Crippen LogP contribution in [-0.2, 0) is 18.3 Å². The van der Waals surface area contributed by atoms with Crippen molar-refractivity contribution in [2.75, 3.05) is 11.9 Å². The van der Waals surface area contributed by atoms with Crippen LogP contribution in [0.2, 0.25) is 0 Å². The molecule has 0 bridgehead atoms. The van der Waals surface area contributed by atoms with Crippen molar-refractivity contribution in [3.8, 4) is 0 Å². The molecule has 1 aromatic heterocycles. The zero-order valence-electron chi connectivity index (χ0n) is 10.5. The summed E-state index contributed by atoms with van der Waals surface area (Å²) in [6.07, 6.45) is 4.01. The van der Waals surface area contributed by atoms with Crippen LogP contribution in [0.3, 0.4) is 0 Å². The van der Waals surface area contributed by atoms with Crippen LogP contribution in [0, 0.1) is 0 Å². The van der Waals surface area contributed by atoms with Gasteiger partial charge >= 0.3 is 0 Å². The van der Waals surface area contributed by atoms with Gasteiger partial charge in [-0.3, -0.25) is 9.48 Å². The number of aromatic nitrogens is 2. The molecule has 1 fully saturated rings. The van der Waals surface area contributed by atoms with Crippen molar-refractivity contribution in [1.29, 1.82) is 0 Å². The van der Waals surface area contributed by atoms with Gasteiger partial charge in [-0.15, -0.1) is 0 Å². The summed E-state index contributed by atoms with van der Waals surface area (Å²) in [5, 5.41) is 10.5. The highest BCUT2D eigenvalue weighted by atomic mass is 16.2. The summed E-state index contributed by atoms with van der Waals surface area (Å²) in [6.45, 7) is 3.06. The molecule has 2 N–H and O–H groups in total. The average Bonchev–Trinajstić information content (AvgIpc) is 2.90. The van der Waals surface area contributed by atoms with Crippen LogP contribution < -0.4 is 10.6 Å². The van der Waals surface area contributed by atoms with Crippen LogP contribution in [0.1, 0.15) is 31.9 Å². The Hall–Kier alpha value is -1.36. The Morgan fingerprint density at radius 3 is 3.18 bits per heavy atom. The van der Waals surface area contributed by atoms with Gasteiger partial charge in [0.2, 0.25) is 5.91 Å². The third-order valence-electron chi connectivity index (χ3n) is 3.06. The number of amides is 1. The summed E-state index contributed by atoms with van der Waals surface area (Å²) in [4.78, 5) is 11.9. The number of hydrogen-bond donors (Lipinski definition) is 2. The molecule has 94 valence electrons. The fraction of sp³-hybridized carbons (Fsp3) is 0.667. The minimum absolute atomic E-state index is 0.0421. The number of carbonyl (C=O) groups excluding carboxylic acids is 1. The highest BCUT2D eigenvalue weighted by molar-refractivity contribution is 5.94. The summed E-state index contributed by atoms with van der Waals surface area (Å²) >= 11 is 0. The van der Waals surface area contributed by atoms with Crippen molar-refractivity contribution < 1.29 is 4.79 Å². The molecule has 0 radical (unpaired) electrons. The summed E-state index contributed by atoms with van der Waals surface area (Å²) in [6, 6.07) is 1.91. The first-order chi connectivity index (χ1) is 8.20. The fourth-order valence-electron chi connectivity index (χ4n) is 2.14. The normalized spacial score (nSPS) is 19.5. The van der Waals surface area contributed by atoms with Crippen LogP contribution in [0.25, 0.3) is 0 Å². The number of nitrogens with one attached hydrogen (secondary N) is 2. The Morgan fingerprint density at radius 1 is 1.71 bits per heavy atom. The summed E-state index contributed by atoms with van der Waals surface area (Å²) in [5.41, 5.74) is 1.03. The molecule has 0 aromatic carbocycles. The van der Waals surface area contributed by atoms with E-state index in [9.17, 15) is 4.79 Å². The topological polar surface area (TPSA) is 59.0 Å². The van der Waals surface area contributed by atoms with E-state index in [1.165, 1.54) is 0 Å². The van der Waals surface area contributed by atoms with E-state index in [-0.39, 0.29) is 11.9 Å². The van der Waals surface area contributed by atoms with Crippen molar-refractivity contribution in [2.24, 2.45) is 7.05 Å². The van der Waals surface area contributed by atoms with Crippen LogP contribution in [0.5, 0.6) is 0 Å². The SMILES string of the molecule is CCCc1cc(NC(=O)C2CCCN2)n(C)n1. The van der Waals surface area contributed by atoms with Gasteiger partial charge in [-0.1, -0.05) is 13.3 Å². The summed E-state index contributed by atoms with van der Waals surface area (Å²) in [7, 11) is 1.86. The summed E-state index contributed by atoms with van der Waals surface area (Å²) < 4.78 is 1.73. The molecule has 2 rings (SSSR count). The average molecular weight is 236 g/mol. The maximum Gasteiger partial charge on any atom is 0.242 e. The van der Waals surface area contributed by atoms with Crippen LogP contribution in [0.4, 0.5) is 5.82 Å². The Labute approximate surface area is 102 Å². The number of nitrogens with zero attached hydrogens (tertiary/aromatic N) is 2. The maximum absolute atomic E-state index is 11.9. The number of anilines is 1. The van der Waals surface area contributed by atoms with Crippen molar-refractivity contribution >= 4 is 11.7 Å². The lowest BCUT2D eigenvalue weighted by atomic mass is 10.2. The zero-order valence-corrected chi connectivity index (χ0v) is 10.5. The molecule has 17 heavy (non-hydrogen) atoms. The molecule has 0 spiro atoms. The van der Waals surface area contributed by atoms with Crippen molar-refractivity contribution in [2.45, 2.75) is 38.6 Å². The van der Waals surface area contributed by atoms with Gasteiger partial charge < -0.3 is 10.6 Å². The van der Waals surface area contributed by atoms with Crippen LogP contribution in [-0.4, -0.2) is 28.3 Å². The first kappa shape index (κ1) is 12.1. The van der Waals surface area contributed by atoms with Gasteiger partial charge in [0.25, 0.3) is 0 Å². The molecule has 5 heteroatoms. The molecule has 1 saturated heterocycles. The molecule has 0 saturated carbocycles. The lowest BCUT2D eigenvalue weighted by molar-refractivity contribution is -0.117. The van der Waals surface area contributed by atoms with Gasteiger partial charge in [-0.25, -0.2) is 0 Å². The van der Waals surface area contributed by atoms with Gasteiger partial charge in [-0.05, 0) is 25.8 Å². The first-order valence-electron chi connectivity index (χ1n) is 6.28. The number of carbonyl (C=O) groups is 1. The molecule has 1 atom stereocenters. The molecule has 5 nitrogen and oxygen atoms in total. The highest BCUT2D eigenvalue weighted by Crippen LogP contribution is 2.13. The predicted octanol–water partition coefficient (Wildman–Crippen LogP) is 1.06. The Balaban J connectivity index is 1.99. The monoisotopic (exact) mass is 236 g/mol. The molecular formula is C12H20N4O. The molecule has 0 aliphatic carbocycles. The van der Waals surface area contributed by atoms with Gasteiger partial charge in [0, 0.05) is 13.1 Å². The van der Waals surface area contributed by atoms with Gasteiger partial charge in [-0.2, -0.15) is 5.10 Å². The van der Waals surface area contributed by atoms with E-state index in [4.69, 9.17) is 0 Å². The molecular weight excluding hydrogens is 216 g/mol. The van der Waals surface area contributed by atoms with Crippen molar-refractivity contribution in [3.63, 3.8) is 0 Å². The predicted molar refractivity (Wildman–Crippen MR) is 66.9 cm³/mol. The first-order valence-corrected chi connectivity index (χ1v) is 6.28. The second-order valence-corrected chi connectivity index (χ2v) is 4.53. The molecule has 1 aliphatic rings. The molecule has 2 heterocycles. The van der Waals surface area contributed by atoms with E-state index >= 15 is 0 Å². The number of aryl methyl sites for hydroxylation is 2. The quantitative estimate of drug-likeness (QED) is 0.822. The molecule has 1 aromatic rings.